The van der Waals surface area contributed by atoms with Gasteiger partial charge in [0.25, 0.3) is 0 Å². The van der Waals surface area contributed by atoms with E-state index in [0.29, 0.717) is 17.0 Å². The number of nitrogens with one attached hydrogen (secondary N) is 1. The van der Waals surface area contributed by atoms with E-state index in [1.807, 2.05) is 18.2 Å². The Bertz CT molecular complexity index is 432. The first-order valence-electron chi connectivity index (χ1n) is 4.99. The lowest BCUT2D eigenvalue weighted by Gasteiger charge is -2.10. The van der Waals surface area contributed by atoms with Gasteiger partial charge < -0.3 is 5.32 Å². The Morgan fingerprint density at radius 3 is 2.67 bits per heavy atom. The van der Waals surface area contributed by atoms with Crippen LogP contribution in [-0.4, -0.2) is 6.04 Å². The van der Waals surface area contributed by atoms with Crippen LogP contribution in [-0.2, 0) is 0 Å². The molecule has 3 heteroatoms. The van der Waals surface area contributed by atoms with E-state index in [1.165, 1.54) is 6.42 Å². The van der Waals surface area contributed by atoms with Crippen LogP contribution >= 0.6 is 15.9 Å². The summed E-state index contributed by atoms with van der Waals surface area (Å²) < 4.78 is 0.962. The zero-order valence-corrected chi connectivity index (χ0v) is 10.4. The minimum absolute atomic E-state index is 0.410. The van der Waals surface area contributed by atoms with E-state index in [2.05, 4.69) is 41.2 Å². The van der Waals surface area contributed by atoms with Crippen molar-refractivity contribution in [1.82, 2.24) is 0 Å². The number of hydrogen-bond acceptors (Lipinski definition) is 2. The minimum Gasteiger partial charge on any atom is -0.381 e. The fourth-order valence-corrected chi connectivity index (χ4v) is 2.10. The molecule has 1 N–H and O–H groups in total. The fourth-order valence-electron chi connectivity index (χ4n) is 1.60. The third-order valence-corrected chi connectivity index (χ3v) is 3.60. The number of anilines is 1. The summed E-state index contributed by atoms with van der Waals surface area (Å²) in [7, 11) is 0. The molecule has 0 amide bonds. The van der Waals surface area contributed by atoms with Crippen LogP contribution in [0.25, 0.3) is 0 Å². The van der Waals surface area contributed by atoms with Gasteiger partial charge in [-0.15, -0.1) is 0 Å². The molecule has 0 radical (unpaired) electrons. The maximum atomic E-state index is 8.74. The highest BCUT2D eigenvalue weighted by atomic mass is 79.9. The van der Waals surface area contributed by atoms with Crippen LogP contribution in [0.15, 0.2) is 22.7 Å². The molecule has 2 nitrogen and oxygen atoms in total. The van der Waals surface area contributed by atoms with Crippen molar-refractivity contribution in [3.8, 4) is 6.07 Å². The van der Waals surface area contributed by atoms with Gasteiger partial charge in [-0.1, -0.05) is 13.8 Å². The summed E-state index contributed by atoms with van der Waals surface area (Å²) in [5, 5.41) is 12.2. The van der Waals surface area contributed by atoms with Crippen molar-refractivity contribution in [2.24, 2.45) is 5.41 Å². The van der Waals surface area contributed by atoms with Crippen molar-refractivity contribution in [2.45, 2.75) is 26.3 Å². The van der Waals surface area contributed by atoms with Crippen LogP contribution in [0, 0.1) is 16.7 Å². The molecule has 1 saturated carbocycles. The standard InChI is InChI=1S/C12H13BrN2/c1-12(2)6-11(12)15-10-4-3-8(7-14)5-9(10)13/h3-5,11,15H,6H2,1-2H3. The second-order valence-corrected chi connectivity index (χ2v) is 5.55. The van der Waals surface area contributed by atoms with Gasteiger partial charge >= 0.3 is 0 Å². The van der Waals surface area contributed by atoms with Gasteiger partial charge in [-0.3, -0.25) is 0 Å². The summed E-state index contributed by atoms with van der Waals surface area (Å²) in [4.78, 5) is 0. The Labute approximate surface area is 98.4 Å². The topological polar surface area (TPSA) is 35.8 Å². The molecule has 0 saturated heterocycles. The molecule has 1 aliphatic carbocycles. The van der Waals surface area contributed by atoms with Gasteiger partial charge in [-0.25, -0.2) is 0 Å². The molecule has 1 aliphatic rings. The van der Waals surface area contributed by atoms with E-state index >= 15 is 0 Å². The Morgan fingerprint density at radius 1 is 1.53 bits per heavy atom. The minimum atomic E-state index is 0.410. The van der Waals surface area contributed by atoms with Crippen molar-refractivity contribution in [2.75, 3.05) is 5.32 Å². The Morgan fingerprint density at radius 2 is 2.20 bits per heavy atom. The number of halogens is 1. The first kappa shape index (κ1) is 10.5. The van der Waals surface area contributed by atoms with E-state index in [-0.39, 0.29) is 0 Å². The lowest BCUT2D eigenvalue weighted by atomic mass is 10.2. The van der Waals surface area contributed by atoms with Crippen molar-refractivity contribution >= 4 is 21.6 Å². The number of rotatable bonds is 2. The van der Waals surface area contributed by atoms with Crippen LogP contribution in [0.4, 0.5) is 5.69 Å². The van der Waals surface area contributed by atoms with Gasteiger partial charge in [0.1, 0.15) is 0 Å². The van der Waals surface area contributed by atoms with Crippen molar-refractivity contribution in [3.05, 3.63) is 28.2 Å². The predicted molar refractivity (Wildman–Crippen MR) is 64.7 cm³/mol. The summed E-state index contributed by atoms with van der Waals surface area (Å²) in [6, 6.07) is 8.32. The molecular formula is C12H13BrN2. The van der Waals surface area contributed by atoms with Crippen LogP contribution in [0.1, 0.15) is 25.8 Å². The molecule has 0 aromatic heterocycles. The van der Waals surface area contributed by atoms with E-state index in [1.54, 1.807) is 0 Å². The molecule has 78 valence electrons. The molecular weight excluding hydrogens is 252 g/mol. The molecule has 0 heterocycles. The van der Waals surface area contributed by atoms with Gasteiger partial charge in [-0.05, 0) is 46.0 Å². The highest BCUT2D eigenvalue weighted by Gasteiger charge is 2.45. The monoisotopic (exact) mass is 264 g/mol. The van der Waals surface area contributed by atoms with Crippen LogP contribution in [0.2, 0.25) is 0 Å². The molecule has 1 atom stereocenters. The highest BCUT2D eigenvalue weighted by molar-refractivity contribution is 9.10. The third-order valence-electron chi connectivity index (χ3n) is 2.94. The Hall–Kier alpha value is -1.01. The molecule has 1 unspecified atom stereocenters. The average molecular weight is 265 g/mol. The summed E-state index contributed by atoms with van der Waals surface area (Å²) in [5.74, 6) is 0. The number of hydrogen-bond donors (Lipinski definition) is 1. The molecule has 15 heavy (non-hydrogen) atoms. The van der Waals surface area contributed by atoms with E-state index in [9.17, 15) is 0 Å². The maximum Gasteiger partial charge on any atom is 0.0992 e. The first-order chi connectivity index (χ1) is 7.03. The Balaban J connectivity index is 2.14. The van der Waals surface area contributed by atoms with Gasteiger partial charge in [0.15, 0.2) is 0 Å². The lowest BCUT2D eigenvalue weighted by Crippen LogP contribution is -2.08. The van der Waals surface area contributed by atoms with E-state index in [4.69, 9.17) is 5.26 Å². The number of nitrogens with zero attached hydrogens (tertiary/aromatic N) is 1. The first-order valence-corrected chi connectivity index (χ1v) is 5.78. The lowest BCUT2D eigenvalue weighted by molar-refractivity contribution is 0.630. The second-order valence-electron chi connectivity index (χ2n) is 4.70. The van der Waals surface area contributed by atoms with Gasteiger partial charge in [0.05, 0.1) is 11.6 Å². The molecule has 1 aromatic carbocycles. The highest BCUT2D eigenvalue weighted by Crippen LogP contribution is 2.47. The third kappa shape index (κ3) is 2.15. The largest absolute Gasteiger partial charge is 0.381 e. The molecule has 0 aliphatic heterocycles. The molecule has 1 aromatic rings. The van der Waals surface area contributed by atoms with Gasteiger partial charge in [0, 0.05) is 16.2 Å². The van der Waals surface area contributed by atoms with Crippen LogP contribution in [0.5, 0.6) is 0 Å². The summed E-state index contributed by atoms with van der Waals surface area (Å²) in [6.45, 7) is 4.50. The zero-order valence-electron chi connectivity index (χ0n) is 8.84. The fraction of sp³-hybridized carbons (Fsp3) is 0.417. The normalized spacial score (nSPS) is 21.9. The molecule has 0 bridgehead atoms. The maximum absolute atomic E-state index is 8.74. The van der Waals surface area contributed by atoms with Gasteiger partial charge in [0.2, 0.25) is 0 Å². The summed E-state index contributed by atoms with van der Waals surface area (Å²) in [5.41, 5.74) is 2.17. The van der Waals surface area contributed by atoms with Crippen molar-refractivity contribution < 1.29 is 0 Å². The van der Waals surface area contributed by atoms with Crippen molar-refractivity contribution in [1.29, 1.82) is 5.26 Å². The van der Waals surface area contributed by atoms with Crippen LogP contribution < -0.4 is 5.32 Å². The Kier molecular flexibility index (Phi) is 2.47. The van der Waals surface area contributed by atoms with E-state index in [0.717, 1.165) is 10.2 Å². The molecule has 0 spiro atoms. The van der Waals surface area contributed by atoms with Gasteiger partial charge in [-0.2, -0.15) is 5.26 Å². The quantitative estimate of drug-likeness (QED) is 0.887. The zero-order chi connectivity index (χ0) is 11.1. The van der Waals surface area contributed by atoms with Crippen LogP contribution in [0.3, 0.4) is 0 Å². The summed E-state index contributed by atoms with van der Waals surface area (Å²) >= 11 is 3.47. The van der Waals surface area contributed by atoms with Crippen molar-refractivity contribution in [3.63, 3.8) is 0 Å². The number of benzene rings is 1. The average Bonchev–Trinajstić information content (AvgIpc) is 2.77. The SMILES string of the molecule is CC1(C)CC1Nc1ccc(C#N)cc1Br. The number of nitriles is 1. The second kappa shape index (κ2) is 3.53. The molecule has 1 fully saturated rings. The predicted octanol–water partition coefficient (Wildman–Crippen LogP) is 3.53. The van der Waals surface area contributed by atoms with E-state index < -0.39 is 0 Å². The smallest absolute Gasteiger partial charge is 0.0992 e. The molecule has 2 rings (SSSR count). The summed E-state index contributed by atoms with van der Waals surface area (Å²) in [6.07, 6.45) is 1.21.